The van der Waals surface area contributed by atoms with E-state index in [2.05, 4.69) is 0 Å². The largest absolute Gasteiger partial charge is 0.490 e. The van der Waals surface area contributed by atoms with Crippen LogP contribution in [-0.4, -0.2) is 54.2 Å². The van der Waals surface area contributed by atoms with Crippen molar-refractivity contribution in [3.8, 4) is 5.75 Å². The van der Waals surface area contributed by atoms with Crippen LogP contribution in [0.15, 0.2) is 12.1 Å². The van der Waals surface area contributed by atoms with E-state index in [1.807, 2.05) is 39.8 Å². The summed E-state index contributed by atoms with van der Waals surface area (Å²) in [6, 6.07) is 2.89. The third kappa shape index (κ3) is 4.19. The topological polar surface area (TPSA) is 85.2 Å². The number of benzene rings is 1. The highest BCUT2D eigenvalue weighted by Crippen LogP contribution is 2.41. The zero-order valence-electron chi connectivity index (χ0n) is 15.5. The Hall–Kier alpha value is -2.35. The second-order valence-corrected chi connectivity index (χ2v) is 7.37. The number of nitro groups is 1. The summed E-state index contributed by atoms with van der Waals surface area (Å²) in [7, 11) is 5.22. The molecular weight excluding hydrogens is 326 g/mol. The molecule has 1 aromatic carbocycles. The van der Waals surface area contributed by atoms with Gasteiger partial charge in [-0.3, -0.25) is 15.0 Å². The number of rotatable bonds is 4. The number of ether oxygens (including phenoxy) is 2. The molecule has 1 unspecified atom stereocenters. The second-order valence-electron chi connectivity index (χ2n) is 7.37. The SMILES string of the molecule is COc1cc2c(cc1[N+](=O)[O-])CN(C(=O)OC(C)(C)C)C2CN(C)C. The number of methoxy groups -OCH3 is 1. The first kappa shape index (κ1) is 19.0. The average molecular weight is 351 g/mol. The van der Waals surface area contributed by atoms with Gasteiger partial charge in [-0.25, -0.2) is 4.79 Å². The summed E-state index contributed by atoms with van der Waals surface area (Å²) in [5, 5.41) is 11.3. The monoisotopic (exact) mass is 351 g/mol. The fourth-order valence-electron chi connectivity index (χ4n) is 2.90. The van der Waals surface area contributed by atoms with Gasteiger partial charge in [0.15, 0.2) is 5.75 Å². The lowest BCUT2D eigenvalue weighted by molar-refractivity contribution is -0.385. The molecule has 138 valence electrons. The number of likely N-dealkylation sites (N-methyl/N-ethyl adjacent to an activating group) is 1. The van der Waals surface area contributed by atoms with Crippen LogP contribution >= 0.6 is 0 Å². The van der Waals surface area contributed by atoms with Crippen molar-refractivity contribution < 1.29 is 19.2 Å². The molecule has 8 heteroatoms. The molecule has 1 atom stereocenters. The number of nitrogens with zero attached hydrogens (tertiary/aromatic N) is 3. The van der Waals surface area contributed by atoms with Gasteiger partial charge in [0, 0.05) is 12.6 Å². The maximum atomic E-state index is 12.6. The summed E-state index contributed by atoms with van der Waals surface area (Å²) in [4.78, 5) is 27.0. The number of carbonyl (C=O) groups excluding carboxylic acids is 1. The van der Waals surface area contributed by atoms with Crippen LogP contribution in [-0.2, 0) is 11.3 Å². The first-order chi connectivity index (χ1) is 11.5. The summed E-state index contributed by atoms with van der Waals surface area (Å²) >= 11 is 0. The molecule has 0 N–H and O–H groups in total. The summed E-state index contributed by atoms with van der Waals surface area (Å²) < 4.78 is 10.7. The predicted molar refractivity (Wildman–Crippen MR) is 92.7 cm³/mol. The lowest BCUT2D eigenvalue weighted by atomic mass is 10.0. The number of amides is 1. The lowest BCUT2D eigenvalue weighted by Crippen LogP contribution is -2.39. The average Bonchev–Trinajstić information content (AvgIpc) is 2.81. The van der Waals surface area contributed by atoms with Crippen LogP contribution in [0.25, 0.3) is 0 Å². The van der Waals surface area contributed by atoms with Crippen LogP contribution in [0, 0.1) is 10.1 Å². The molecule has 1 aromatic rings. The molecule has 0 saturated carbocycles. The van der Waals surface area contributed by atoms with E-state index in [1.165, 1.54) is 13.2 Å². The van der Waals surface area contributed by atoms with Gasteiger partial charge in [-0.05, 0) is 52.1 Å². The van der Waals surface area contributed by atoms with Crippen LogP contribution in [0.1, 0.15) is 37.9 Å². The van der Waals surface area contributed by atoms with Crippen LogP contribution in [0.2, 0.25) is 0 Å². The van der Waals surface area contributed by atoms with Crippen molar-refractivity contribution in [1.29, 1.82) is 0 Å². The normalized spacial score (nSPS) is 16.8. The van der Waals surface area contributed by atoms with Crippen LogP contribution in [0.3, 0.4) is 0 Å². The molecule has 0 fully saturated rings. The van der Waals surface area contributed by atoms with E-state index >= 15 is 0 Å². The highest BCUT2D eigenvalue weighted by molar-refractivity contribution is 5.71. The maximum Gasteiger partial charge on any atom is 0.411 e. The summed E-state index contributed by atoms with van der Waals surface area (Å²) in [5.74, 6) is 0.193. The van der Waals surface area contributed by atoms with Gasteiger partial charge in [0.05, 0.1) is 24.6 Å². The molecule has 25 heavy (non-hydrogen) atoms. The Kier molecular flexibility index (Phi) is 5.22. The molecule has 1 aliphatic heterocycles. The molecule has 1 heterocycles. The van der Waals surface area contributed by atoms with Gasteiger partial charge in [-0.2, -0.15) is 0 Å². The summed E-state index contributed by atoms with van der Waals surface area (Å²) in [6.45, 7) is 6.27. The fraction of sp³-hybridized carbons (Fsp3) is 0.588. The number of fused-ring (bicyclic) bond motifs is 1. The van der Waals surface area contributed by atoms with E-state index < -0.39 is 16.6 Å². The molecule has 2 rings (SSSR count). The number of hydrogen-bond donors (Lipinski definition) is 0. The van der Waals surface area contributed by atoms with E-state index in [-0.39, 0.29) is 24.0 Å². The number of carbonyl (C=O) groups is 1. The first-order valence-electron chi connectivity index (χ1n) is 8.03. The number of hydrogen-bond acceptors (Lipinski definition) is 6. The molecule has 1 amide bonds. The Morgan fingerprint density at radius 3 is 2.52 bits per heavy atom. The van der Waals surface area contributed by atoms with Crippen molar-refractivity contribution in [2.75, 3.05) is 27.7 Å². The van der Waals surface area contributed by atoms with E-state index in [1.54, 1.807) is 11.0 Å². The van der Waals surface area contributed by atoms with Crippen molar-refractivity contribution in [3.63, 3.8) is 0 Å². The van der Waals surface area contributed by atoms with Crippen LogP contribution < -0.4 is 4.74 Å². The second kappa shape index (κ2) is 6.87. The van der Waals surface area contributed by atoms with E-state index in [4.69, 9.17) is 9.47 Å². The van der Waals surface area contributed by atoms with Gasteiger partial charge in [-0.1, -0.05) is 0 Å². The molecule has 1 aliphatic rings. The smallest absolute Gasteiger partial charge is 0.411 e. The Morgan fingerprint density at radius 1 is 1.40 bits per heavy atom. The molecule has 0 radical (unpaired) electrons. The highest BCUT2D eigenvalue weighted by Gasteiger charge is 2.38. The molecule has 0 bridgehead atoms. The Morgan fingerprint density at radius 2 is 2.04 bits per heavy atom. The molecule has 0 spiro atoms. The quantitative estimate of drug-likeness (QED) is 0.612. The predicted octanol–water partition coefficient (Wildman–Crippen LogP) is 2.96. The van der Waals surface area contributed by atoms with Gasteiger partial charge < -0.3 is 14.4 Å². The van der Waals surface area contributed by atoms with Gasteiger partial charge >= 0.3 is 11.8 Å². The summed E-state index contributed by atoms with van der Waals surface area (Å²) in [5.41, 5.74) is 0.876. The summed E-state index contributed by atoms with van der Waals surface area (Å²) in [6.07, 6.45) is -0.433. The highest BCUT2D eigenvalue weighted by atomic mass is 16.6. The first-order valence-corrected chi connectivity index (χ1v) is 8.03. The zero-order chi connectivity index (χ0) is 18.9. The van der Waals surface area contributed by atoms with Crippen molar-refractivity contribution in [2.45, 2.75) is 39.0 Å². The molecule has 0 saturated heterocycles. The standard InChI is InChI=1S/C17H25N3O5/c1-17(2,3)25-16(21)19-9-11-7-13(20(22)23)15(24-6)8-12(11)14(19)10-18(4)5/h7-8,14H,9-10H2,1-6H3. The minimum atomic E-state index is -0.613. The Labute approximate surface area is 147 Å². The van der Waals surface area contributed by atoms with Gasteiger partial charge in [0.2, 0.25) is 0 Å². The Balaban J connectivity index is 2.44. The molecule has 0 aromatic heterocycles. The van der Waals surface area contributed by atoms with E-state index in [0.29, 0.717) is 6.54 Å². The minimum Gasteiger partial charge on any atom is -0.490 e. The Bertz CT molecular complexity index is 682. The maximum absolute atomic E-state index is 12.6. The van der Waals surface area contributed by atoms with Crippen molar-refractivity contribution >= 4 is 11.8 Å². The fourth-order valence-corrected chi connectivity index (χ4v) is 2.90. The van der Waals surface area contributed by atoms with E-state index in [0.717, 1.165) is 11.1 Å². The lowest BCUT2D eigenvalue weighted by Gasteiger charge is -2.30. The number of nitro benzene ring substituents is 1. The molecule has 8 nitrogen and oxygen atoms in total. The van der Waals surface area contributed by atoms with Gasteiger partial charge in [-0.15, -0.1) is 0 Å². The van der Waals surface area contributed by atoms with Crippen LogP contribution in [0.4, 0.5) is 10.5 Å². The van der Waals surface area contributed by atoms with Crippen molar-refractivity contribution in [1.82, 2.24) is 9.80 Å². The van der Waals surface area contributed by atoms with Crippen LogP contribution in [0.5, 0.6) is 5.75 Å². The van der Waals surface area contributed by atoms with E-state index in [9.17, 15) is 14.9 Å². The molecule has 0 aliphatic carbocycles. The van der Waals surface area contributed by atoms with Crippen molar-refractivity contribution in [2.24, 2.45) is 0 Å². The van der Waals surface area contributed by atoms with Gasteiger partial charge in [0.25, 0.3) is 0 Å². The minimum absolute atomic E-state index is 0.101. The molecular formula is C17H25N3O5. The zero-order valence-corrected chi connectivity index (χ0v) is 15.5. The van der Waals surface area contributed by atoms with Crippen molar-refractivity contribution in [3.05, 3.63) is 33.4 Å². The van der Waals surface area contributed by atoms with Gasteiger partial charge in [0.1, 0.15) is 5.60 Å². The third-order valence-corrected chi connectivity index (χ3v) is 3.88. The third-order valence-electron chi connectivity index (χ3n) is 3.88.